The van der Waals surface area contributed by atoms with Crippen LogP contribution >= 0.6 is 11.6 Å². The number of benzene rings is 2. The average Bonchev–Trinajstić information content (AvgIpc) is 2.53. The summed E-state index contributed by atoms with van der Waals surface area (Å²) in [5.41, 5.74) is 6.70. The van der Waals surface area contributed by atoms with Crippen molar-refractivity contribution in [3.8, 4) is 17.6 Å². The maximum Gasteiger partial charge on any atom is 0.288 e. The zero-order valence-corrected chi connectivity index (χ0v) is 12.8. The third-order valence-electron chi connectivity index (χ3n) is 3.70. The van der Waals surface area contributed by atoms with E-state index in [1.807, 2.05) is 6.07 Å². The fraction of sp³-hybridized carbons (Fsp3) is 0.0625. The lowest BCUT2D eigenvalue weighted by molar-refractivity contribution is -0.384. The molecule has 1 atom stereocenters. The number of nitrogens with zero attached hydrogens (tertiary/aromatic N) is 2. The lowest BCUT2D eigenvalue weighted by Crippen LogP contribution is -2.21. The van der Waals surface area contributed by atoms with E-state index in [9.17, 15) is 20.5 Å². The van der Waals surface area contributed by atoms with E-state index in [4.69, 9.17) is 22.1 Å². The number of hydrogen-bond donors (Lipinski definition) is 2. The molecular formula is C16H10ClN3O4. The van der Waals surface area contributed by atoms with E-state index in [2.05, 4.69) is 0 Å². The first-order valence-electron chi connectivity index (χ1n) is 6.76. The normalized spacial score (nSPS) is 16.1. The number of nitro groups is 1. The summed E-state index contributed by atoms with van der Waals surface area (Å²) in [6, 6.07) is 10.7. The molecule has 3 N–H and O–H groups in total. The van der Waals surface area contributed by atoms with Crippen LogP contribution in [0.4, 0.5) is 5.69 Å². The highest BCUT2D eigenvalue weighted by Crippen LogP contribution is 2.44. The lowest BCUT2D eigenvalue weighted by atomic mass is 9.83. The molecule has 0 aliphatic carbocycles. The Kier molecular flexibility index (Phi) is 3.75. The summed E-state index contributed by atoms with van der Waals surface area (Å²) < 4.78 is 5.38. The molecule has 2 aromatic rings. The first-order chi connectivity index (χ1) is 11.4. The lowest BCUT2D eigenvalue weighted by Gasteiger charge is -2.26. The smallest absolute Gasteiger partial charge is 0.288 e. The van der Waals surface area contributed by atoms with Crippen molar-refractivity contribution in [1.82, 2.24) is 0 Å². The predicted octanol–water partition coefficient (Wildman–Crippen LogP) is 3.17. The number of nitro benzene ring substituents is 1. The number of allylic oxidation sites excluding steroid dienone is 1. The molecule has 0 saturated heterocycles. The maximum absolute atomic E-state index is 11.1. The molecule has 1 aliphatic rings. The standard InChI is InChI=1S/C16H10ClN3O4/c17-12-4-1-8(5-13(12)20(22)23)15-10-3-2-9(21)6-14(10)24-16(19)11(15)7-18/h1-6,15,21H,19H2/t15-/m1/s1. The molecule has 7 nitrogen and oxygen atoms in total. The molecule has 0 spiro atoms. The second-order valence-corrected chi connectivity index (χ2v) is 5.52. The Labute approximate surface area is 141 Å². The van der Waals surface area contributed by atoms with E-state index in [1.165, 1.54) is 24.3 Å². The summed E-state index contributed by atoms with van der Waals surface area (Å²) >= 11 is 5.85. The number of phenols is 1. The summed E-state index contributed by atoms with van der Waals surface area (Å²) in [7, 11) is 0. The fourth-order valence-electron chi connectivity index (χ4n) is 2.64. The number of fused-ring (bicyclic) bond motifs is 1. The third kappa shape index (κ3) is 2.49. The van der Waals surface area contributed by atoms with Crippen LogP contribution in [0.3, 0.4) is 0 Å². The van der Waals surface area contributed by atoms with Crippen molar-refractivity contribution >= 4 is 17.3 Å². The average molecular weight is 344 g/mol. The van der Waals surface area contributed by atoms with Crippen molar-refractivity contribution in [3.05, 3.63) is 74.1 Å². The van der Waals surface area contributed by atoms with E-state index in [1.54, 1.807) is 12.1 Å². The zero-order chi connectivity index (χ0) is 17.4. The summed E-state index contributed by atoms with van der Waals surface area (Å²) in [5, 5.41) is 30.1. The highest BCUT2D eigenvalue weighted by molar-refractivity contribution is 6.32. The Morgan fingerprint density at radius 1 is 1.33 bits per heavy atom. The van der Waals surface area contributed by atoms with Crippen molar-refractivity contribution < 1.29 is 14.8 Å². The number of rotatable bonds is 2. The molecule has 1 aliphatic heterocycles. The van der Waals surface area contributed by atoms with Crippen LogP contribution in [-0.2, 0) is 0 Å². The monoisotopic (exact) mass is 343 g/mol. The molecule has 2 aromatic carbocycles. The van der Waals surface area contributed by atoms with E-state index in [-0.39, 0.29) is 33.7 Å². The van der Waals surface area contributed by atoms with Gasteiger partial charge in [-0.05, 0) is 17.7 Å². The van der Waals surface area contributed by atoms with Gasteiger partial charge in [-0.1, -0.05) is 23.7 Å². The molecule has 0 aromatic heterocycles. The second-order valence-electron chi connectivity index (χ2n) is 5.11. The number of ether oxygens (including phenoxy) is 1. The minimum Gasteiger partial charge on any atom is -0.508 e. The summed E-state index contributed by atoms with van der Waals surface area (Å²) in [5.74, 6) is -0.509. The zero-order valence-electron chi connectivity index (χ0n) is 12.1. The summed E-state index contributed by atoms with van der Waals surface area (Å²) in [4.78, 5) is 10.5. The molecule has 8 heteroatoms. The molecule has 24 heavy (non-hydrogen) atoms. The molecule has 1 heterocycles. The van der Waals surface area contributed by atoms with Crippen LogP contribution in [0.15, 0.2) is 47.9 Å². The van der Waals surface area contributed by atoms with Gasteiger partial charge in [-0.2, -0.15) is 5.26 Å². The Morgan fingerprint density at radius 3 is 2.75 bits per heavy atom. The SMILES string of the molecule is N#CC1=C(N)Oc2cc(O)ccc2[C@H]1c1ccc(Cl)c([N+](=O)[O-])c1. The third-order valence-corrected chi connectivity index (χ3v) is 4.02. The molecule has 0 unspecified atom stereocenters. The first kappa shape index (κ1) is 15.6. The topological polar surface area (TPSA) is 122 Å². The number of aromatic hydroxyl groups is 1. The van der Waals surface area contributed by atoms with Crippen LogP contribution in [0.2, 0.25) is 5.02 Å². The van der Waals surface area contributed by atoms with Gasteiger partial charge in [0.1, 0.15) is 28.2 Å². The van der Waals surface area contributed by atoms with Gasteiger partial charge in [0, 0.05) is 17.7 Å². The number of hydrogen-bond acceptors (Lipinski definition) is 6. The Hall–Kier alpha value is -3.24. The number of nitrogens with two attached hydrogens (primary N) is 1. The fourth-order valence-corrected chi connectivity index (χ4v) is 2.82. The van der Waals surface area contributed by atoms with Gasteiger partial charge in [-0.15, -0.1) is 0 Å². The van der Waals surface area contributed by atoms with Gasteiger partial charge >= 0.3 is 0 Å². The molecule has 0 fully saturated rings. The maximum atomic E-state index is 11.1. The van der Waals surface area contributed by atoms with Crippen molar-refractivity contribution in [2.75, 3.05) is 0 Å². The van der Waals surface area contributed by atoms with Gasteiger partial charge in [-0.25, -0.2) is 0 Å². The first-order valence-corrected chi connectivity index (χ1v) is 7.14. The van der Waals surface area contributed by atoms with Gasteiger partial charge in [-0.3, -0.25) is 10.1 Å². The highest BCUT2D eigenvalue weighted by Gasteiger charge is 2.32. The van der Waals surface area contributed by atoms with Crippen LogP contribution in [0.5, 0.6) is 11.5 Å². The van der Waals surface area contributed by atoms with E-state index in [0.29, 0.717) is 11.1 Å². The minimum atomic E-state index is -0.657. The van der Waals surface area contributed by atoms with E-state index < -0.39 is 10.8 Å². The largest absolute Gasteiger partial charge is 0.508 e. The van der Waals surface area contributed by atoms with Gasteiger partial charge < -0.3 is 15.6 Å². The van der Waals surface area contributed by atoms with Crippen LogP contribution in [-0.4, -0.2) is 10.0 Å². The number of phenolic OH excluding ortho intramolecular Hbond substituents is 1. The molecule has 0 amide bonds. The van der Waals surface area contributed by atoms with Crippen LogP contribution in [0.1, 0.15) is 17.0 Å². The van der Waals surface area contributed by atoms with Crippen LogP contribution in [0, 0.1) is 21.4 Å². The van der Waals surface area contributed by atoms with Crippen LogP contribution < -0.4 is 10.5 Å². The van der Waals surface area contributed by atoms with Crippen molar-refractivity contribution in [2.24, 2.45) is 5.73 Å². The summed E-state index contributed by atoms with van der Waals surface area (Å²) in [6.45, 7) is 0. The summed E-state index contributed by atoms with van der Waals surface area (Å²) in [6.07, 6.45) is 0. The number of halogens is 1. The molecule has 3 rings (SSSR count). The van der Waals surface area contributed by atoms with Crippen molar-refractivity contribution in [3.63, 3.8) is 0 Å². The quantitative estimate of drug-likeness (QED) is 0.637. The van der Waals surface area contributed by atoms with Crippen molar-refractivity contribution in [1.29, 1.82) is 5.26 Å². The Bertz CT molecular complexity index is 933. The van der Waals surface area contributed by atoms with Crippen molar-refractivity contribution in [2.45, 2.75) is 5.92 Å². The molecular weight excluding hydrogens is 334 g/mol. The van der Waals surface area contributed by atoms with Gasteiger partial charge in [0.2, 0.25) is 5.88 Å². The number of nitriles is 1. The highest BCUT2D eigenvalue weighted by atomic mass is 35.5. The second kappa shape index (κ2) is 5.76. The molecule has 0 bridgehead atoms. The molecule has 0 saturated carbocycles. The molecule has 0 radical (unpaired) electrons. The predicted molar refractivity (Wildman–Crippen MR) is 85.5 cm³/mol. The van der Waals surface area contributed by atoms with Gasteiger partial charge in [0.05, 0.1) is 10.8 Å². The van der Waals surface area contributed by atoms with Crippen LogP contribution in [0.25, 0.3) is 0 Å². The molecule has 120 valence electrons. The Balaban J connectivity index is 2.24. The van der Waals surface area contributed by atoms with Gasteiger partial charge in [0.15, 0.2) is 0 Å². The van der Waals surface area contributed by atoms with E-state index >= 15 is 0 Å². The minimum absolute atomic E-state index is 0.00259. The van der Waals surface area contributed by atoms with Gasteiger partial charge in [0.25, 0.3) is 5.69 Å². The van der Waals surface area contributed by atoms with E-state index in [0.717, 1.165) is 0 Å². The Morgan fingerprint density at radius 2 is 2.08 bits per heavy atom.